The Morgan fingerprint density at radius 2 is 1.72 bits per heavy atom. The molecular formula is C19H24N2O3S. The van der Waals surface area contributed by atoms with Crippen LogP contribution >= 0.6 is 0 Å². The molecule has 0 heterocycles. The third-order valence-electron chi connectivity index (χ3n) is 4.00. The monoisotopic (exact) mass is 360 g/mol. The number of benzene rings is 2. The van der Waals surface area contributed by atoms with E-state index in [-0.39, 0.29) is 10.8 Å². The van der Waals surface area contributed by atoms with Crippen molar-refractivity contribution in [2.75, 3.05) is 13.6 Å². The molecule has 0 saturated heterocycles. The van der Waals surface area contributed by atoms with Crippen molar-refractivity contribution in [2.24, 2.45) is 0 Å². The molecule has 0 fully saturated rings. The Labute approximate surface area is 149 Å². The molecule has 0 unspecified atom stereocenters. The maximum absolute atomic E-state index is 12.6. The molecule has 5 nitrogen and oxygen atoms in total. The Morgan fingerprint density at radius 3 is 2.28 bits per heavy atom. The Balaban J connectivity index is 2.14. The zero-order valence-electron chi connectivity index (χ0n) is 15.0. The zero-order chi connectivity index (χ0) is 18.6. The lowest BCUT2D eigenvalue weighted by Gasteiger charge is -2.19. The SMILES string of the molecule is CCNS(=O)(=O)c1ccc(C(=O)N(C)Cc2ccc(C)cc2C)cc1. The molecule has 0 bridgehead atoms. The Hall–Kier alpha value is -2.18. The fraction of sp³-hybridized carbons (Fsp3) is 0.316. The number of hydrogen-bond acceptors (Lipinski definition) is 3. The van der Waals surface area contributed by atoms with E-state index in [9.17, 15) is 13.2 Å². The summed E-state index contributed by atoms with van der Waals surface area (Å²) >= 11 is 0. The smallest absolute Gasteiger partial charge is 0.253 e. The molecule has 0 saturated carbocycles. The molecule has 2 rings (SSSR count). The summed E-state index contributed by atoms with van der Waals surface area (Å²) in [5, 5.41) is 0. The van der Waals surface area contributed by atoms with Gasteiger partial charge < -0.3 is 4.90 Å². The highest BCUT2D eigenvalue weighted by Gasteiger charge is 2.16. The molecule has 25 heavy (non-hydrogen) atoms. The molecule has 0 aliphatic carbocycles. The van der Waals surface area contributed by atoms with Crippen molar-refractivity contribution in [2.45, 2.75) is 32.2 Å². The molecule has 0 aliphatic heterocycles. The molecule has 1 amide bonds. The highest BCUT2D eigenvalue weighted by molar-refractivity contribution is 7.89. The van der Waals surface area contributed by atoms with Gasteiger partial charge in [0.1, 0.15) is 0 Å². The molecule has 2 aromatic carbocycles. The first kappa shape index (κ1) is 19.1. The lowest BCUT2D eigenvalue weighted by molar-refractivity contribution is 0.0785. The second-order valence-electron chi connectivity index (χ2n) is 6.12. The van der Waals surface area contributed by atoms with Crippen molar-refractivity contribution in [3.8, 4) is 0 Å². The molecule has 0 atom stereocenters. The predicted molar refractivity (Wildman–Crippen MR) is 99.0 cm³/mol. The maximum Gasteiger partial charge on any atom is 0.253 e. The largest absolute Gasteiger partial charge is 0.337 e. The Bertz CT molecular complexity index is 859. The summed E-state index contributed by atoms with van der Waals surface area (Å²) < 4.78 is 26.3. The second kappa shape index (κ2) is 7.80. The van der Waals surface area contributed by atoms with Gasteiger partial charge in [-0.05, 0) is 49.2 Å². The van der Waals surface area contributed by atoms with Gasteiger partial charge in [0.05, 0.1) is 4.90 Å². The summed E-state index contributed by atoms with van der Waals surface area (Å²) in [6.07, 6.45) is 0. The van der Waals surface area contributed by atoms with Crippen LogP contribution in [0.5, 0.6) is 0 Å². The van der Waals surface area contributed by atoms with E-state index in [1.165, 1.54) is 17.7 Å². The van der Waals surface area contributed by atoms with Gasteiger partial charge in [0.15, 0.2) is 0 Å². The van der Waals surface area contributed by atoms with Gasteiger partial charge in [-0.1, -0.05) is 30.7 Å². The van der Waals surface area contributed by atoms with Crippen molar-refractivity contribution in [3.05, 3.63) is 64.7 Å². The van der Waals surface area contributed by atoms with E-state index >= 15 is 0 Å². The number of aryl methyl sites for hydroxylation is 2. The zero-order valence-corrected chi connectivity index (χ0v) is 15.9. The topological polar surface area (TPSA) is 66.5 Å². The molecule has 2 aromatic rings. The summed E-state index contributed by atoms with van der Waals surface area (Å²) in [6, 6.07) is 12.2. The fourth-order valence-electron chi connectivity index (χ4n) is 2.62. The molecule has 0 aromatic heterocycles. The third-order valence-corrected chi connectivity index (χ3v) is 5.56. The second-order valence-corrected chi connectivity index (χ2v) is 7.88. The molecule has 6 heteroatoms. The van der Waals surface area contributed by atoms with Crippen molar-refractivity contribution < 1.29 is 13.2 Å². The number of rotatable bonds is 6. The first-order valence-corrected chi connectivity index (χ1v) is 9.64. The van der Waals surface area contributed by atoms with E-state index in [1.54, 1.807) is 31.0 Å². The van der Waals surface area contributed by atoms with Crippen LogP contribution in [0.15, 0.2) is 47.4 Å². The van der Waals surface area contributed by atoms with E-state index in [1.807, 2.05) is 26.0 Å². The Kier molecular flexibility index (Phi) is 5.98. The first-order chi connectivity index (χ1) is 11.7. The molecule has 0 aliphatic rings. The summed E-state index contributed by atoms with van der Waals surface area (Å²) in [5.41, 5.74) is 3.88. The van der Waals surface area contributed by atoms with Crippen LogP contribution in [-0.4, -0.2) is 32.8 Å². The third kappa shape index (κ3) is 4.67. The van der Waals surface area contributed by atoms with Crippen LogP contribution in [0.1, 0.15) is 34.0 Å². The van der Waals surface area contributed by atoms with Crippen molar-refractivity contribution in [3.63, 3.8) is 0 Å². The lowest BCUT2D eigenvalue weighted by Crippen LogP contribution is -2.27. The van der Waals surface area contributed by atoms with E-state index in [0.29, 0.717) is 18.7 Å². The quantitative estimate of drug-likeness (QED) is 0.861. The van der Waals surface area contributed by atoms with Crippen LogP contribution in [0, 0.1) is 13.8 Å². The van der Waals surface area contributed by atoms with Crippen molar-refractivity contribution >= 4 is 15.9 Å². The summed E-state index contributed by atoms with van der Waals surface area (Å²) in [7, 11) is -1.77. The molecule has 1 N–H and O–H groups in total. The summed E-state index contributed by atoms with van der Waals surface area (Å²) in [4.78, 5) is 14.4. The number of hydrogen-bond donors (Lipinski definition) is 1. The number of carbonyl (C=O) groups excluding carboxylic acids is 1. The van der Waals surface area contributed by atoms with Gasteiger partial charge in [0.25, 0.3) is 5.91 Å². The molecule has 0 radical (unpaired) electrons. The standard InChI is InChI=1S/C19H24N2O3S/c1-5-20-25(23,24)18-10-8-16(9-11-18)19(22)21(4)13-17-7-6-14(2)12-15(17)3/h6-12,20H,5,13H2,1-4H3. The van der Waals surface area contributed by atoms with E-state index < -0.39 is 10.0 Å². The maximum atomic E-state index is 12.6. The average Bonchev–Trinajstić information content (AvgIpc) is 2.56. The van der Waals surface area contributed by atoms with Crippen molar-refractivity contribution in [1.29, 1.82) is 0 Å². The van der Waals surface area contributed by atoms with Gasteiger partial charge in [-0.3, -0.25) is 4.79 Å². The minimum Gasteiger partial charge on any atom is -0.337 e. The van der Waals surface area contributed by atoms with Gasteiger partial charge in [-0.25, -0.2) is 13.1 Å². The molecule has 134 valence electrons. The Morgan fingerprint density at radius 1 is 1.08 bits per heavy atom. The van der Waals surface area contributed by atoms with Gasteiger partial charge in [-0.15, -0.1) is 0 Å². The first-order valence-electron chi connectivity index (χ1n) is 8.16. The van der Waals surface area contributed by atoms with Gasteiger partial charge in [-0.2, -0.15) is 0 Å². The lowest BCUT2D eigenvalue weighted by atomic mass is 10.1. The average molecular weight is 360 g/mol. The number of amides is 1. The highest BCUT2D eigenvalue weighted by atomic mass is 32.2. The fourth-order valence-corrected chi connectivity index (χ4v) is 3.66. The van der Waals surface area contributed by atoms with Crippen LogP contribution in [-0.2, 0) is 16.6 Å². The van der Waals surface area contributed by atoms with E-state index in [2.05, 4.69) is 10.8 Å². The summed E-state index contributed by atoms with van der Waals surface area (Å²) in [6.45, 7) is 6.61. The van der Waals surface area contributed by atoms with Crippen LogP contribution in [0.2, 0.25) is 0 Å². The van der Waals surface area contributed by atoms with E-state index in [4.69, 9.17) is 0 Å². The predicted octanol–water partition coefficient (Wildman–Crippen LogP) is 2.87. The number of sulfonamides is 1. The highest BCUT2D eigenvalue weighted by Crippen LogP contribution is 2.16. The normalized spacial score (nSPS) is 11.4. The van der Waals surface area contributed by atoms with E-state index in [0.717, 1.165) is 11.1 Å². The van der Waals surface area contributed by atoms with Gasteiger partial charge in [0, 0.05) is 25.7 Å². The van der Waals surface area contributed by atoms with Crippen LogP contribution in [0.3, 0.4) is 0 Å². The minimum absolute atomic E-state index is 0.146. The van der Waals surface area contributed by atoms with Crippen LogP contribution in [0.4, 0.5) is 0 Å². The van der Waals surface area contributed by atoms with Gasteiger partial charge >= 0.3 is 0 Å². The number of carbonyl (C=O) groups is 1. The number of nitrogens with zero attached hydrogens (tertiary/aromatic N) is 1. The molecule has 0 spiro atoms. The summed E-state index contributed by atoms with van der Waals surface area (Å²) in [5.74, 6) is -0.146. The van der Waals surface area contributed by atoms with Gasteiger partial charge in [0.2, 0.25) is 10.0 Å². The molecular weight excluding hydrogens is 336 g/mol. The van der Waals surface area contributed by atoms with Crippen LogP contribution in [0.25, 0.3) is 0 Å². The number of nitrogens with one attached hydrogen (secondary N) is 1. The van der Waals surface area contributed by atoms with Crippen molar-refractivity contribution in [1.82, 2.24) is 9.62 Å². The van der Waals surface area contributed by atoms with Crippen LogP contribution < -0.4 is 4.72 Å². The minimum atomic E-state index is -3.51.